The zero-order valence-corrected chi connectivity index (χ0v) is 20.1. The fraction of sp³-hybridized carbons (Fsp3) is 0.182. The predicted octanol–water partition coefficient (Wildman–Crippen LogP) is 4.63. The van der Waals surface area contributed by atoms with Crippen LogP contribution >= 0.6 is 35.0 Å². The molecule has 0 saturated heterocycles. The third-order valence-corrected chi connectivity index (χ3v) is 7.93. The van der Waals surface area contributed by atoms with Crippen molar-refractivity contribution in [2.75, 3.05) is 23.1 Å². The van der Waals surface area contributed by atoms with Gasteiger partial charge in [-0.2, -0.15) is 11.8 Å². The van der Waals surface area contributed by atoms with Crippen molar-refractivity contribution in [2.24, 2.45) is 0 Å². The third-order valence-electron chi connectivity index (χ3n) is 4.37. The molecule has 3 aromatic rings. The normalized spacial score (nSPS) is 11.2. The predicted molar refractivity (Wildman–Crippen MR) is 131 cm³/mol. The van der Waals surface area contributed by atoms with E-state index in [1.165, 1.54) is 18.3 Å². The number of anilines is 1. The molecule has 0 atom stereocenters. The molecule has 1 heterocycles. The van der Waals surface area contributed by atoms with Crippen LogP contribution in [0.3, 0.4) is 0 Å². The van der Waals surface area contributed by atoms with Crippen molar-refractivity contribution in [2.45, 2.75) is 10.6 Å². The fourth-order valence-electron chi connectivity index (χ4n) is 2.80. The number of rotatable bonds is 10. The number of sulfonamides is 1. The number of halogens is 2. The van der Waals surface area contributed by atoms with Gasteiger partial charge in [-0.15, -0.1) is 0 Å². The number of amides is 1. The molecule has 3 rings (SSSR count). The lowest BCUT2D eigenvalue weighted by Crippen LogP contribution is -2.41. The molecular formula is C22H21Cl2N3O3S2. The molecule has 10 heteroatoms. The van der Waals surface area contributed by atoms with E-state index in [4.69, 9.17) is 23.2 Å². The molecule has 2 aromatic carbocycles. The molecule has 1 aromatic heterocycles. The van der Waals surface area contributed by atoms with E-state index < -0.39 is 15.9 Å². The van der Waals surface area contributed by atoms with Crippen molar-refractivity contribution in [3.8, 4) is 0 Å². The summed E-state index contributed by atoms with van der Waals surface area (Å²) in [6, 6.07) is 16.7. The molecule has 0 radical (unpaired) electrons. The summed E-state index contributed by atoms with van der Waals surface area (Å²) in [4.78, 5) is 16.6. The van der Waals surface area contributed by atoms with Gasteiger partial charge in [0.05, 0.1) is 26.8 Å². The smallest absolute Gasteiger partial charge is 0.264 e. The standard InChI is InChI=1S/C22H21Cl2N3O3S2/c23-20-9-8-17(13-21(20)24)16-31-12-11-26-22(28)15-27(18-5-4-10-25-14-18)32(29,30)19-6-2-1-3-7-19/h1-10,13-14H,11-12,15-16H2,(H,26,28). The Labute approximate surface area is 202 Å². The first-order valence-electron chi connectivity index (χ1n) is 9.64. The van der Waals surface area contributed by atoms with Crippen LogP contribution < -0.4 is 9.62 Å². The van der Waals surface area contributed by atoms with E-state index in [9.17, 15) is 13.2 Å². The maximum absolute atomic E-state index is 13.1. The van der Waals surface area contributed by atoms with Crippen LogP contribution in [0.15, 0.2) is 78.0 Å². The molecule has 0 unspecified atom stereocenters. The SMILES string of the molecule is O=C(CN(c1cccnc1)S(=O)(=O)c1ccccc1)NCCSCc1ccc(Cl)c(Cl)c1. The summed E-state index contributed by atoms with van der Waals surface area (Å²) < 4.78 is 27.4. The number of carbonyl (C=O) groups is 1. The topological polar surface area (TPSA) is 79.4 Å². The third kappa shape index (κ3) is 6.62. The Kier molecular flexibility index (Phi) is 8.81. The highest BCUT2D eigenvalue weighted by Crippen LogP contribution is 2.25. The number of thioether (sulfide) groups is 1. The average Bonchev–Trinajstić information content (AvgIpc) is 2.80. The van der Waals surface area contributed by atoms with E-state index in [-0.39, 0.29) is 11.4 Å². The average molecular weight is 510 g/mol. The van der Waals surface area contributed by atoms with Gasteiger partial charge in [-0.25, -0.2) is 8.42 Å². The first-order valence-corrected chi connectivity index (χ1v) is 13.0. The lowest BCUT2D eigenvalue weighted by Gasteiger charge is -2.23. The molecule has 168 valence electrons. The molecule has 0 aliphatic carbocycles. The molecule has 0 aliphatic heterocycles. The second-order valence-electron chi connectivity index (χ2n) is 6.69. The van der Waals surface area contributed by atoms with Crippen LogP contribution in [0.25, 0.3) is 0 Å². The van der Waals surface area contributed by atoms with Gasteiger partial charge in [0.25, 0.3) is 10.0 Å². The molecule has 0 bridgehead atoms. The second kappa shape index (κ2) is 11.6. The van der Waals surface area contributed by atoms with Crippen molar-refractivity contribution in [3.63, 3.8) is 0 Å². The molecule has 6 nitrogen and oxygen atoms in total. The van der Waals surface area contributed by atoms with E-state index in [1.54, 1.807) is 54.4 Å². The molecule has 0 aliphatic rings. The summed E-state index contributed by atoms with van der Waals surface area (Å²) in [5.41, 5.74) is 1.35. The van der Waals surface area contributed by atoms with E-state index in [2.05, 4.69) is 10.3 Å². The molecule has 1 amide bonds. The maximum Gasteiger partial charge on any atom is 0.264 e. The summed E-state index contributed by atoms with van der Waals surface area (Å²) >= 11 is 13.6. The summed E-state index contributed by atoms with van der Waals surface area (Å²) in [5, 5.41) is 3.80. The number of pyridine rings is 1. The summed E-state index contributed by atoms with van der Waals surface area (Å²) in [6.07, 6.45) is 2.96. The Bertz CT molecular complexity index is 1150. The minimum atomic E-state index is -3.92. The number of nitrogens with one attached hydrogen (secondary N) is 1. The number of aromatic nitrogens is 1. The van der Waals surface area contributed by atoms with Gasteiger partial charge in [-0.3, -0.25) is 14.1 Å². The summed E-state index contributed by atoms with van der Waals surface area (Å²) in [7, 11) is -3.92. The monoisotopic (exact) mass is 509 g/mol. The van der Waals surface area contributed by atoms with Crippen LogP contribution in [0.5, 0.6) is 0 Å². The van der Waals surface area contributed by atoms with Crippen molar-refractivity contribution in [3.05, 3.63) is 88.7 Å². The van der Waals surface area contributed by atoms with Crippen molar-refractivity contribution < 1.29 is 13.2 Å². The Balaban J connectivity index is 1.58. The number of hydrogen-bond acceptors (Lipinski definition) is 5. The van der Waals surface area contributed by atoms with Gasteiger partial charge >= 0.3 is 0 Å². The number of benzene rings is 2. The van der Waals surface area contributed by atoms with Crippen LogP contribution in [0, 0.1) is 0 Å². The Morgan fingerprint density at radius 1 is 1.03 bits per heavy atom. The molecule has 0 spiro atoms. The molecule has 32 heavy (non-hydrogen) atoms. The van der Waals surface area contributed by atoms with Crippen LogP contribution in [0.1, 0.15) is 5.56 Å². The summed E-state index contributed by atoms with van der Waals surface area (Å²) in [5.74, 6) is 0.977. The van der Waals surface area contributed by atoms with Crippen molar-refractivity contribution in [1.82, 2.24) is 10.3 Å². The minimum Gasteiger partial charge on any atom is -0.354 e. The zero-order valence-electron chi connectivity index (χ0n) is 16.9. The Morgan fingerprint density at radius 3 is 2.50 bits per heavy atom. The van der Waals surface area contributed by atoms with Gasteiger partial charge in [0.1, 0.15) is 6.54 Å². The number of carbonyl (C=O) groups excluding carboxylic acids is 1. The lowest BCUT2D eigenvalue weighted by atomic mass is 10.2. The fourth-order valence-corrected chi connectivity index (χ4v) is 5.36. The second-order valence-corrected chi connectivity index (χ2v) is 10.5. The molecule has 0 saturated carbocycles. The lowest BCUT2D eigenvalue weighted by molar-refractivity contribution is -0.119. The van der Waals surface area contributed by atoms with Crippen LogP contribution in [0.4, 0.5) is 5.69 Å². The quantitative estimate of drug-likeness (QED) is 0.403. The Hall–Kier alpha value is -2.26. The first kappa shape index (κ1) is 24.4. The summed E-state index contributed by atoms with van der Waals surface area (Å²) in [6.45, 7) is 0.0530. The van der Waals surface area contributed by atoms with Crippen LogP contribution in [-0.4, -0.2) is 38.2 Å². The minimum absolute atomic E-state index is 0.105. The first-order chi connectivity index (χ1) is 15.4. The van der Waals surface area contributed by atoms with Crippen LogP contribution in [-0.2, 0) is 20.6 Å². The molecule has 1 N–H and O–H groups in total. The highest BCUT2D eigenvalue weighted by molar-refractivity contribution is 7.98. The van der Waals surface area contributed by atoms with Gasteiger partial charge in [-0.05, 0) is 42.0 Å². The van der Waals surface area contributed by atoms with Crippen LogP contribution in [0.2, 0.25) is 10.0 Å². The van der Waals surface area contributed by atoms with E-state index in [0.717, 1.165) is 15.6 Å². The zero-order chi connectivity index (χ0) is 23.0. The van der Waals surface area contributed by atoms with Crippen molar-refractivity contribution >= 4 is 56.6 Å². The van der Waals surface area contributed by atoms with E-state index in [1.807, 2.05) is 12.1 Å². The molecule has 0 fully saturated rings. The van der Waals surface area contributed by atoms with Gasteiger partial charge in [0.2, 0.25) is 5.91 Å². The highest BCUT2D eigenvalue weighted by atomic mass is 35.5. The number of hydrogen-bond donors (Lipinski definition) is 1. The largest absolute Gasteiger partial charge is 0.354 e. The van der Waals surface area contributed by atoms with Crippen molar-refractivity contribution in [1.29, 1.82) is 0 Å². The molecular weight excluding hydrogens is 489 g/mol. The van der Waals surface area contributed by atoms with Gasteiger partial charge < -0.3 is 5.32 Å². The Morgan fingerprint density at radius 2 is 1.81 bits per heavy atom. The number of nitrogens with zero attached hydrogens (tertiary/aromatic N) is 2. The van der Waals surface area contributed by atoms with Gasteiger partial charge in [-0.1, -0.05) is 47.5 Å². The van der Waals surface area contributed by atoms with E-state index in [0.29, 0.717) is 28.0 Å². The maximum atomic E-state index is 13.1. The van der Waals surface area contributed by atoms with Gasteiger partial charge in [0.15, 0.2) is 0 Å². The van der Waals surface area contributed by atoms with Gasteiger partial charge in [0, 0.05) is 24.2 Å². The highest BCUT2D eigenvalue weighted by Gasteiger charge is 2.27. The van der Waals surface area contributed by atoms with E-state index >= 15 is 0 Å².